The van der Waals surface area contributed by atoms with Gasteiger partial charge < -0.3 is 15.5 Å². The van der Waals surface area contributed by atoms with E-state index >= 15 is 0 Å². The van der Waals surface area contributed by atoms with E-state index < -0.39 is 17.6 Å². The Balaban J connectivity index is 2.15. The van der Waals surface area contributed by atoms with Crippen molar-refractivity contribution in [2.24, 2.45) is 0 Å². The molecule has 0 fully saturated rings. The maximum Gasteiger partial charge on any atom is 0.256 e. The molecule has 0 spiro atoms. The highest BCUT2D eigenvalue weighted by atomic mass is 35.5. The Morgan fingerprint density at radius 2 is 2.04 bits per heavy atom. The van der Waals surface area contributed by atoms with Gasteiger partial charge in [0.2, 0.25) is 0 Å². The Morgan fingerprint density at radius 3 is 2.62 bits per heavy atom. The maximum atomic E-state index is 12.6. The average Bonchev–Trinajstić information content (AvgIpc) is 2.61. The van der Waals surface area contributed by atoms with Crippen LogP contribution in [0.5, 0.6) is 0 Å². The monoisotopic (exact) mass is 348 g/mol. The first-order chi connectivity index (χ1) is 11.5. The molecular weight excluding hydrogens is 328 g/mol. The molecule has 0 radical (unpaired) electrons. The Labute approximate surface area is 146 Å². The van der Waals surface area contributed by atoms with E-state index in [0.29, 0.717) is 17.0 Å². The lowest BCUT2D eigenvalue weighted by atomic mass is 9.89. The number of carbonyl (C=O) groups is 1. The number of nitrogens with zero attached hydrogens (tertiary/aromatic N) is 1. The fraction of sp³-hybridized carbons (Fsp3) is 0.333. The van der Waals surface area contributed by atoms with Crippen LogP contribution in [-0.2, 0) is 16.8 Å². The van der Waals surface area contributed by atoms with E-state index in [1.54, 1.807) is 43.6 Å². The van der Waals surface area contributed by atoms with Crippen LogP contribution in [0, 0.1) is 0 Å². The lowest BCUT2D eigenvalue weighted by Crippen LogP contribution is -2.49. The van der Waals surface area contributed by atoms with Gasteiger partial charge in [0.25, 0.3) is 5.91 Å². The van der Waals surface area contributed by atoms with Crippen LogP contribution < -0.4 is 5.32 Å². The van der Waals surface area contributed by atoms with E-state index in [2.05, 4.69) is 10.3 Å². The third kappa shape index (κ3) is 4.32. The fourth-order valence-electron chi connectivity index (χ4n) is 2.51. The quantitative estimate of drug-likeness (QED) is 0.715. The Bertz CT molecular complexity index is 681. The minimum absolute atomic E-state index is 0.187. The second-order valence-electron chi connectivity index (χ2n) is 5.64. The summed E-state index contributed by atoms with van der Waals surface area (Å²) in [5.74, 6) is -0.555. The van der Waals surface area contributed by atoms with E-state index in [9.17, 15) is 15.0 Å². The van der Waals surface area contributed by atoms with Gasteiger partial charge in [0, 0.05) is 17.4 Å². The topological polar surface area (TPSA) is 82.5 Å². The number of pyridine rings is 1. The van der Waals surface area contributed by atoms with Crippen molar-refractivity contribution in [3.63, 3.8) is 0 Å². The molecule has 2 unspecified atom stereocenters. The number of halogens is 1. The molecule has 3 N–H and O–H groups in total. The number of carbonyl (C=O) groups excluding carboxylic acids is 1. The summed E-state index contributed by atoms with van der Waals surface area (Å²) in [6.45, 7) is 1.49. The van der Waals surface area contributed by atoms with Gasteiger partial charge in [-0.1, -0.05) is 30.7 Å². The van der Waals surface area contributed by atoms with Crippen LogP contribution in [0.4, 0.5) is 0 Å². The average molecular weight is 349 g/mol. The molecule has 6 heteroatoms. The van der Waals surface area contributed by atoms with Crippen LogP contribution in [-0.4, -0.2) is 33.8 Å². The first-order valence-corrected chi connectivity index (χ1v) is 8.16. The number of rotatable bonds is 7. The largest absolute Gasteiger partial charge is 0.394 e. The molecule has 2 aromatic rings. The summed E-state index contributed by atoms with van der Waals surface area (Å²) in [6, 6.07) is 9.73. The van der Waals surface area contributed by atoms with Gasteiger partial charge in [-0.2, -0.15) is 0 Å². The van der Waals surface area contributed by atoms with Gasteiger partial charge >= 0.3 is 0 Å². The molecule has 2 atom stereocenters. The van der Waals surface area contributed by atoms with E-state index in [0.717, 1.165) is 5.56 Å². The Morgan fingerprint density at radius 1 is 1.33 bits per heavy atom. The standard InChI is InChI=1S/C18H21ClN2O3/c1-2-18(24,14-4-3-5-15(19)11-14)17(23)21-16(12-22)10-13-6-8-20-9-7-13/h3-9,11,16,22,24H,2,10,12H2,1H3,(H,21,23). The fourth-order valence-corrected chi connectivity index (χ4v) is 2.70. The molecule has 128 valence electrons. The van der Waals surface area contributed by atoms with Crippen molar-refractivity contribution >= 4 is 17.5 Å². The number of hydrogen-bond acceptors (Lipinski definition) is 4. The molecule has 0 aliphatic heterocycles. The molecule has 1 aromatic carbocycles. The van der Waals surface area contributed by atoms with Crippen LogP contribution in [0.15, 0.2) is 48.8 Å². The predicted octanol–water partition coefficient (Wildman–Crippen LogP) is 2.05. The van der Waals surface area contributed by atoms with Crippen molar-refractivity contribution in [3.8, 4) is 0 Å². The highest BCUT2D eigenvalue weighted by molar-refractivity contribution is 6.30. The van der Waals surface area contributed by atoms with Gasteiger partial charge in [-0.05, 0) is 48.2 Å². The highest BCUT2D eigenvalue weighted by Gasteiger charge is 2.37. The Hall–Kier alpha value is -1.95. The molecule has 5 nitrogen and oxygen atoms in total. The molecule has 0 bridgehead atoms. The summed E-state index contributed by atoms with van der Waals surface area (Å²) in [7, 11) is 0. The second kappa shape index (κ2) is 8.24. The summed E-state index contributed by atoms with van der Waals surface area (Å²) < 4.78 is 0. The third-order valence-electron chi connectivity index (χ3n) is 3.98. The summed E-state index contributed by atoms with van der Waals surface area (Å²) in [5, 5.41) is 23.6. The van der Waals surface area contributed by atoms with Gasteiger partial charge in [-0.15, -0.1) is 0 Å². The molecule has 0 saturated carbocycles. The zero-order valence-corrected chi connectivity index (χ0v) is 14.2. The number of aliphatic hydroxyl groups is 2. The van der Waals surface area contributed by atoms with E-state index in [1.807, 2.05) is 12.1 Å². The smallest absolute Gasteiger partial charge is 0.256 e. The number of amides is 1. The van der Waals surface area contributed by atoms with Gasteiger partial charge in [-0.25, -0.2) is 0 Å². The van der Waals surface area contributed by atoms with Crippen LogP contribution in [0.2, 0.25) is 5.02 Å². The molecule has 1 aromatic heterocycles. The first-order valence-electron chi connectivity index (χ1n) is 7.78. The summed E-state index contributed by atoms with van der Waals surface area (Å²) in [4.78, 5) is 16.6. The maximum absolute atomic E-state index is 12.6. The predicted molar refractivity (Wildman–Crippen MR) is 92.6 cm³/mol. The number of aliphatic hydroxyl groups excluding tert-OH is 1. The number of hydrogen-bond donors (Lipinski definition) is 3. The van der Waals surface area contributed by atoms with Crippen molar-refractivity contribution in [1.82, 2.24) is 10.3 Å². The molecule has 1 amide bonds. The summed E-state index contributed by atoms with van der Waals surface area (Å²) in [6.07, 6.45) is 3.94. The van der Waals surface area contributed by atoms with Gasteiger partial charge in [-0.3, -0.25) is 9.78 Å². The zero-order chi connectivity index (χ0) is 17.6. The minimum atomic E-state index is -1.70. The van der Waals surface area contributed by atoms with E-state index in [4.69, 9.17) is 11.6 Å². The van der Waals surface area contributed by atoms with Crippen molar-refractivity contribution < 1.29 is 15.0 Å². The molecule has 24 heavy (non-hydrogen) atoms. The SMILES string of the molecule is CCC(O)(C(=O)NC(CO)Cc1ccncc1)c1cccc(Cl)c1. The van der Waals surface area contributed by atoms with Crippen molar-refractivity contribution in [2.45, 2.75) is 31.4 Å². The molecular formula is C18H21ClN2O3. The van der Waals surface area contributed by atoms with Crippen LogP contribution in [0.3, 0.4) is 0 Å². The lowest BCUT2D eigenvalue weighted by molar-refractivity contribution is -0.142. The van der Waals surface area contributed by atoms with E-state index in [-0.39, 0.29) is 13.0 Å². The lowest BCUT2D eigenvalue weighted by Gasteiger charge is -2.28. The van der Waals surface area contributed by atoms with Gasteiger partial charge in [0.05, 0.1) is 12.6 Å². The summed E-state index contributed by atoms with van der Waals surface area (Å²) >= 11 is 5.96. The van der Waals surface area contributed by atoms with Crippen molar-refractivity contribution in [2.75, 3.05) is 6.61 Å². The molecule has 0 aliphatic carbocycles. The van der Waals surface area contributed by atoms with Gasteiger partial charge in [0.15, 0.2) is 5.60 Å². The number of aromatic nitrogens is 1. The summed E-state index contributed by atoms with van der Waals surface area (Å²) in [5.41, 5.74) is -0.334. The molecule has 0 aliphatic rings. The van der Waals surface area contributed by atoms with Crippen LogP contribution >= 0.6 is 11.6 Å². The normalized spacial score (nSPS) is 14.7. The molecule has 1 heterocycles. The van der Waals surface area contributed by atoms with Gasteiger partial charge in [0.1, 0.15) is 0 Å². The van der Waals surface area contributed by atoms with Crippen molar-refractivity contribution in [3.05, 3.63) is 64.9 Å². The first kappa shape index (κ1) is 18.4. The minimum Gasteiger partial charge on any atom is -0.394 e. The number of benzene rings is 1. The third-order valence-corrected chi connectivity index (χ3v) is 4.21. The van der Waals surface area contributed by atoms with Crippen LogP contribution in [0.25, 0.3) is 0 Å². The second-order valence-corrected chi connectivity index (χ2v) is 6.07. The molecule has 0 saturated heterocycles. The van der Waals surface area contributed by atoms with E-state index in [1.165, 1.54) is 0 Å². The van der Waals surface area contributed by atoms with Crippen LogP contribution in [0.1, 0.15) is 24.5 Å². The van der Waals surface area contributed by atoms with Crippen molar-refractivity contribution in [1.29, 1.82) is 0 Å². The highest BCUT2D eigenvalue weighted by Crippen LogP contribution is 2.27. The molecule has 2 rings (SSSR count). The zero-order valence-electron chi connectivity index (χ0n) is 13.4. The number of nitrogens with one attached hydrogen (secondary N) is 1. The Kier molecular flexibility index (Phi) is 6.31.